The third-order valence-electron chi connectivity index (χ3n) is 9.21. The Morgan fingerprint density at radius 2 is 0.915 bits per heavy atom. The van der Waals surface area contributed by atoms with E-state index >= 15 is 0 Å². The fourth-order valence-corrected chi connectivity index (χ4v) is 6.93. The number of imidazole rings is 1. The smallest absolute Gasteiger partial charge is 0.145 e. The van der Waals surface area contributed by atoms with Crippen LogP contribution in [0.2, 0.25) is 0 Å². The van der Waals surface area contributed by atoms with Crippen LogP contribution in [-0.2, 0) is 0 Å². The number of fused-ring (bicyclic) bond motifs is 7. The van der Waals surface area contributed by atoms with Gasteiger partial charge in [0, 0.05) is 32.8 Å². The highest BCUT2D eigenvalue weighted by molar-refractivity contribution is 6.09. The Labute approximate surface area is 269 Å². The van der Waals surface area contributed by atoms with Crippen LogP contribution in [0.1, 0.15) is 0 Å². The van der Waals surface area contributed by atoms with E-state index in [-0.39, 0.29) is 0 Å². The van der Waals surface area contributed by atoms with Gasteiger partial charge in [-0.15, -0.1) is 0 Å². The van der Waals surface area contributed by atoms with Gasteiger partial charge in [-0.1, -0.05) is 91.0 Å². The standard InChI is InChI=1S/C43H26N2O2/c1-2-9-27(10-3-1)43-44-37-14-5-6-15-38(37)45(43)32-12-8-11-28(23-32)29-17-21-41-35(25-29)36-26-31(19-22-42(36)47-41)30-18-20-40-34(24-30)33-13-4-7-16-39(33)46-40/h1-26H. The second kappa shape index (κ2) is 10.1. The van der Waals surface area contributed by atoms with Gasteiger partial charge in [-0.05, 0) is 89.0 Å². The van der Waals surface area contributed by atoms with Crippen molar-refractivity contribution in [2.45, 2.75) is 0 Å². The Morgan fingerprint density at radius 1 is 0.383 bits per heavy atom. The summed E-state index contributed by atoms with van der Waals surface area (Å²) >= 11 is 0. The first-order valence-corrected chi connectivity index (χ1v) is 15.8. The lowest BCUT2D eigenvalue weighted by atomic mass is 9.99. The van der Waals surface area contributed by atoms with Crippen molar-refractivity contribution in [1.29, 1.82) is 0 Å². The molecule has 0 aliphatic heterocycles. The highest BCUT2D eigenvalue weighted by Gasteiger charge is 2.16. The fraction of sp³-hybridized carbons (Fsp3) is 0. The summed E-state index contributed by atoms with van der Waals surface area (Å²) in [5.74, 6) is 0.925. The molecule has 0 amide bonds. The molecule has 0 saturated heterocycles. The van der Waals surface area contributed by atoms with Crippen LogP contribution in [0.4, 0.5) is 0 Å². The molecule has 0 bridgehead atoms. The highest BCUT2D eigenvalue weighted by Crippen LogP contribution is 2.38. The Bertz CT molecular complexity index is 2800. The van der Waals surface area contributed by atoms with Gasteiger partial charge in [-0.3, -0.25) is 4.57 Å². The maximum absolute atomic E-state index is 6.32. The monoisotopic (exact) mass is 602 g/mol. The van der Waals surface area contributed by atoms with Crippen LogP contribution in [0, 0.1) is 0 Å². The van der Waals surface area contributed by atoms with Crippen molar-refractivity contribution in [1.82, 2.24) is 9.55 Å². The fourth-order valence-electron chi connectivity index (χ4n) is 6.93. The summed E-state index contributed by atoms with van der Waals surface area (Å²) in [6.07, 6.45) is 0. The summed E-state index contributed by atoms with van der Waals surface area (Å²) in [7, 11) is 0. The first kappa shape index (κ1) is 25.9. The lowest BCUT2D eigenvalue weighted by molar-refractivity contribution is 0.668. The van der Waals surface area contributed by atoms with E-state index in [1.165, 1.54) is 0 Å². The second-order valence-electron chi connectivity index (χ2n) is 12.0. The Hall–Kier alpha value is -6.39. The molecule has 0 fully saturated rings. The van der Waals surface area contributed by atoms with Crippen molar-refractivity contribution in [2.75, 3.05) is 0 Å². The third-order valence-corrected chi connectivity index (χ3v) is 9.21. The molecule has 3 heterocycles. The molecular formula is C43H26N2O2. The number of benzene rings is 7. The summed E-state index contributed by atoms with van der Waals surface area (Å²) in [6.45, 7) is 0. The maximum Gasteiger partial charge on any atom is 0.145 e. The maximum atomic E-state index is 6.32. The molecule has 0 saturated carbocycles. The molecule has 0 spiro atoms. The molecule has 4 nitrogen and oxygen atoms in total. The third kappa shape index (κ3) is 4.12. The molecule has 10 rings (SSSR count). The molecule has 0 N–H and O–H groups in total. The molecule has 47 heavy (non-hydrogen) atoms. The van der Waals surface area contributed by atoms with E-state index < -0.39 is 0 Å². The van der Waals surface area contributed by atoms with Crippen LogP contribution >= 0.6 is 0 Å². The number of furan rings is 2. The molecular weight excluding hydrogens is 576 g/mol. The van der Waals surface area contributed by atoms with Crippen molar-refractivity contribution in [2.24, 2.45) is 0 Å². The van der Waals surface area contributed by atoms with Crippen LogP contribution in [0.25, 0.3) is 94.2 Å². The van der Waals surface area contributed by atoms with E-state index in [0.29, 0.717) is 0 Å². The summed E-state index contributed by atoms with van der Waals surface area (Å²) in [4.78, 5) is 5.04. The highest BCUT2D eigenvalue weighted by atomic mass is 16.3. The lowest BCUT2D eigenvalue weighted by Crippen LogP contribution is -1.97. The van der Waals surface area contributed by atoms with E-state index in [9.17, 15) is 0 Å². The number of aromatic nitrogens is 2. The number of nitrogens with zero attached hydrogens (tertiary/aromatic N) is 2. The quantitative estimate of drug-likeness (QED) is 0.201. The van der Waals surface area contributed by atoms with Gasteiger partial charge in [0.15, 0.2) is 0 Å². The van der Waals surface area contributed by atoms with Crippen LogP contribution in [0.15, 0.2) is 167 Å². The normalized spacial score (nSPS) is 11.8. The zero-order chi connectivity index (χ0) is 30.9. The predicted molar refractivity (Wildman–Crippen MR) is 192 cm³/mol. The van der Waals surface area contributed by atoms with Gasteiger partial charge in [0.1, 0.15) is 28.2 Å². The van der Waals surface area contributed by atoms with Gasteiger partial charge in [0.2, 0.25) is 0 Å². The summed E-state index contributed by atoms with van der Waals surface area (Å²) < 4.78 is 14.7. The first-order chi connectivity index (χ1) is 23.3. The molecule has 0 aliphatic carbocycles. The molecule has 10 aromatic rings. The molecule has 0 aliphatic rings. The average molecular weight is 603 g/mol. The van der Waals surface area contributed by atoms with E-state index in [1.54, 1.807) is 0 Å². The van der Waals surface area contributed by atoms with Gasteiger partial charge >= 0.3 is 0 Å². The van der Waals surface area contributed by atoms with Crippen LogP contribution < -0.4 is 0 Å². The molecule has 0 radical (unpaired) electrons. The Morgan fingerprint density at radius 3 is 1.62 bits per heavy atom. The summed E-state index contributed by atoms with van der Waals surface area (Å²) in [6, 6.07) is 55.0. The second-order valence-corrected chi connectivity index (χ2v) is 12.0. The average Bonchev–Trinajstić information content (AvgIpc) is 3.82. The number of hydrogen-bond donors (Lipinski definition) is 0. The molecule has 0 unspecified atom stereocenters. The van der Waals surface area contributed by atoms with E-state index in [1.807, 2.05) is 24.3 Å². The van der Waals surface area contributed by atoms with Gasteiger partial charge in [0.25, 0.3) is 0 Å². The Balaban J connectivity index is 1.09. The lowest BCUT2D eigenvalue weighted by Gasteiger charge is -2.12. The van der Waals surface area contributed by atoms with Crippen molar-refractivity contribution < 1.29 is 8.83 Å². The zero-order valence-corrected chi connectivity index (χ0v) is 25.2. The number of para-hydroxylation sites is 3. The number of rotatable bonds is 4. The molecule has 3 aromatic heterocycles. The largest absolute Gasteiger partial charge is 0.456 e. The molecule has 7 aromatic carbocycles. The van der Waals surface area contributed by atoms with E-state index in [2.05, 4.69) is 138 Å². The van der Waals surface area contributed by atoms with E-state index in [0.717, 1.165) is 94.2 Å². The van der Waals surface area contributed by atoms with Gasteiger partial charge < -0.3 is 8.83 Å². The summed E-state index contributed by atoms with van der Waals surface area (Å²) in [5.41, 5.74) is 12.3. The van der Waals surface area contributed by atoms with Gasteiger partial charge in [-0.25, -0.2) is 4.98 Å². The van der Waals surface area contributed by atoms with E-state index in [4.69, 9.17) is 13.8 Å². The van der Waals surface area contributed by atoms with Crippen LogP contribution in [0.3, 0.4) is 0 Å². The van der Waals surface area contributed by atoms with Gasteiger partial charge in [0.05, 0.1) is 11.0 Å². The summed E-state index contributed by atoms with van der Waals surface area (Å²) in [5, 5.41) is 4.45. The van der Waals surface area contributed by atoms with Crippen molar-refractivity contribution in [3.8, 4) is 39.3 Å². The minimum Gasteiger partial charge on any atom is -0.456 e. The van der Waals surface area contributed by atoms with Gasteiger partial charge in [-0.2, -0.15) is 0 Å². The SMILES string of the molecule is c1ccc(-c2nc3ccccc3n2-c2cccc(-c3ccc4oc5ccc(-c6ccc7oc8ccccc8c7c6)cc5c4c3)c2)cc1. The van der Waals surface area contributed by atoms with Crippen LogP contribution in [0.5, 0.6) is 0 Å². The van der Waals surface area contributed by atoms with Crippen molar-refractivity contribution >= 4 is 54.9 Å². The topological polar surface area (TPSA) is 44.1 Å². The Kier molecular flexibility index (Phi) is 5.54. The van der Waals surface area contributed by atoms with Crippen LogP contribution in [-0.4, -0.2) is 9.55 Å². The molecule has 220 valence electrons. The van der Waals surface area contributed by atoms with Crippen molar-refractivity contribution in [3.05, 3.63) is 158 Å². The molecule has 4 heteroatoms. The minimum absolute atomic E-state index is 0.875. The van der Waals surface area contributed by atoms with Crippen molar-refractivity contribution in [3.63, 3.8) is 0 Å². The minimum atomic E-state index is 0.875. The predicted octanol–water partition coefficient (Wildman–Crippen LogP) is 11.8. The zero-order valence-electron chi connectivity index (χ0n) is 25.2. The molecule has 0 atom stereocenters. The number of hydrogen-bond acceptors (Lipinski definition) is 3. The first-order valence-electron chi connectivity index (χ1n) is 15.8.